The maximum atomic E-state index is 13.4. The first kappa shape index (κ1) is 25.2. The van der Waals surface area contributed by atoms with Crippen LogP contribution in [0.4, 0.5) is 11.5 Å². The minimum absolute atomic E-state index is 0.00868. The Morgan fingerprint density at radius 2 is 1.95 bits per heavy atom. The molecule has 0 aliphatic carbocycles. The zero-order valence-electron chi connectivity index (χ0n) is 22.6. The third-order valence-electron chi connectivity index (χ3n) is 7.35. The van der Waals surface area contributed by atoms with Crippen molar-refractivity contribution in [2.24, 2.45) is 0 Å². The van der Waals surface area contributed by atoms with Gasteiger partial charge in [-0.05, 0) is 88.9 Å². The van der Waals surface area contributed by atoms with Crippen molar-refractivity contribution >= 4 is 22.4 Å². The van der Waals surface area contributed by atoms with E-state index in [1.165, 1.54) is 24.0 Å². The Hall–Kier alpha value is -3.45. The summed E-state index contributed by atoms with van der Waals surface area (Å²) in [7, 11) is 0. The van der Waals surface area contributed by atoms with Gasteiger partial charge in [-0.15, -0.1) is 0 Å². The molecule has 4 aromatic rings. The first-order chi connectivity index (χ1) is 17.8. The van der Waals surface area contributed by atoms with Crippen LogP contribution in [0.15, 0.2) is 53.6 Å². The maximum Gasteiger partial charge on any atom is 0.276 e. The summed E-state index contributed by atoms with van der Waals surface area (Å²) in [6.45, 7) is 11.7. The van der Waals surface area contributed by atoms with Gasteiger partial charge in [0.25, 0.3) is 5.56 Å². The van der Waals surface area contributed by atoms with Gasteiger partial charge in [-0.2, -0.15) is 0 Å². The number of rotatable bonds is 8. The normalized spacial score (nSPS) is 14.8. The summed E-state index contributed by atoms with van der Waals surface area (Å²) in [5, 5.41) is 7.69. The zero-order valence-corrected chi connectivity index (χ0v) is 22.6. The largest absolute Gasteiger partial charge is 0.340 e. The van der Waals surface area contributed by atoms with E-state index in [0.29, 0.717) is 11.2 Å². The van der Waals surface area contributed by atoms with Gasteiger partial charge in [-0.25, -0.2) is 14.3 Å². The maximum absolute atomic E-state index is 13.4. The highest BCUT2D eigenvalue weighted by atomic mass is 16.1. The molecule has 5 rings (SSSR count). The van der Waals surface area contributed by atoms with Crippen LogP contribution in [0.1, 0.15) is 76.7 Å². The van der Waals surface area contributed by atoms with Gasteiger partial charge in [0.15, 0.2) is 0 Å². The second kappa shape index (κ2) is 10.1. The zero-order chi connectivity index (χ0) is 26.2. The van der Waals surface area contributed by atoms with Gasteiger partial charge in [-0.3, -0.25) is 9.78 Å². The predicted octanol–water partition coefficient (Wildman–Crippen LogP) is 6.02. The summed E-state index contributed by atoms with van der Waals surface area (Å²) in [5.41, 5.74) is 6.47. The molecular weight excluding hydrogens is 460 g/mol. The van der Waals surface area contributed by atoms with Crippen LogP contribution in [0, 0.1) is 0 Å². The van der Waals surface area contributed by atoms with E-state index in [9.17, 15) is 4.79 Å². The molecule has 7 heteroatoms. The molecule has 0 fully saturated rings. The molecule has 4 heterocycles. The van der Waals surface area contributed by atoms with Gasteiger partial charge in [0, 0.05) is 41.4 Å². The van der Waals surface area contributed by atoms with Crippen molar-refractivity contribution in [3.63, 3.8) is 0 Å². The van der Waals surface area contributed by atoms with Crippen molar-refractivity contribution in [3.8, 4) is 5.69 Å². The predicted molar refractivity (Wildman–Crippen MR) is 151 cm³/mol. The van der Waals surface area contributed by atoms with E-state index in [4.69, 9.17) is 0 Å². The SMILES string of the molecule is CCCCCc1cc(-n2c3cc(Nc4ccc5c(c4)CCNC5(C)C)ncc3c(=O)n2C(C)C)ccn1. The minimum Gasteiger partial charge on any atom is -0.340 e. The fourth-order valence-corrected chi connectivity index (χ4v) is 5.44. The number of anilines is 2. The molecule has 1 aliphatic heterocycles. The number of aromatic nitrogens is 4. The minimum atomic E-state index is -0.0306. The third kappa shape index (κ3) is 4.92. The van der Waals surface area contributed by atoms with Crippen LogP contribution >= 0.6 is 0 Å². The molecule has 1 aliphatic rings. The van der Waals surface area contributed by atoms with Gasteiger partial charge in [0.1, 0.15) is 5.82 Å². The van der Waals surface area contributed by atoms with Gasteiger partial charge in [0.2, 0.25) is 0 Å². The molecular formula is C30H38N6O. The second-order valence-corrected chi connectivity index (χ2v) is 10.9. The topological polar surface area (TPSA) is 76.8 Å². The Kier molecular flexibility index (Phi) is 6.90. The van der Waals surface area contributed by atoms with E-state index in [2.05, 4.69) is 65.6 Å². The molecule has 1 aromatic carbocycles. The number of pyridine rings is 2. The fraction of sp³-hybridized carbons (Fsp3) is 0.433. The molecule has 3 aromatic heterocycles. The molecule has 0 spiro atoms. The van der Waals surface area contributed by atoms with Gasteiger partial charge >= 0.3 is 0 Å². The lowest BCUT2D eigenvalue weighted by atomic mass is 9.85. The fourth-order valence-electron chi connectivity index (χ4n) is 5.44. The van der Waals surface area contributed by atoms with E-state index in [-0.39, 0.29) is 17.1 Å². The Bertz CT molecular complexity index is 1480. The molecule has 194 valence electrons. The molecule has 0 unspecified atom stereocenters. The van der Waals surface area contributed by atoms with E-state index in [0.717, 1.165) is 48.4 Å². The molecule has 0 saturated carbocycles. The average Bonchev–Trinajstić information content (AvgIpc) is 3.16. The Morgan fingerprint density at radius 3 is 2.73 bits per heavy atom. The summed E-state index contributed by atoms with van der Waals surface area (Å²) in [4.78, 5) is 22.6. The van der Waals surface area contributed by atoms with Crippen LogP contribution in [0.25, 0.3) is 16.6 Å². The molecule has 7 nitrogen and oxygen atoms in total. The van der Waals surface area contributed by atoms with Crippen LogP contribution in [-0.2, 0) is 18.4 Å². The van der Waals surface area contributed by atoms with E-state index in [1.807, 2.05) is 41.5 Å². The third-order valence-corrected chi connectivity index (χ3v) is 7.35. The molecule has 0 saturated heterocycles. The number of aryl methyl sites for hydroxylation is 1. The quantitative estimate of drug-likeness (QED) is 0.291. The average molecular weight is 499 g/mol. The van der Waals surface area contributed by atoms with Crippen molar-refractivity contribution in [2.45, 2.75) is 78.3 Å². The molecule has 2 N–H and O–H groups in total. The Balaban J connectivity index is 1.55. The van der Waals surface area contributed by atoms with Gasteiger partial charge in [0.05, 0.1) is 16.6 Å². The van der Waals surface area contributed by atoms with Gasteiger partial charge < -0.3 is 10.6 Å². The summed E-state index contributed by atoms with van der Waals surface area (Å²) < 4.78 is 3.84. The van der Waals surface area contributed by atoms with E-state index in [1.54, 1.807) is 6.20 Å². The summed E-state index contributed by atoms with van der Waals surface area (Å²) in [6.07, 6.45) is 8.96. The first-order valence-electron chi connectivity index (χ1n) is 13.5. The van der Waals surface area contributed by atoms with Gasteiger partial charge in [-0.1, -0.05) is 25.8 Å². The molecule has 0 radical (unpaired) electrons. The van der Waals surface area contributed by atoms with Crippen LogP contribution < -0.4 is 16.2 Å². The van der Waals surface area contributed by atoms with Crippen molar-refractivity contribution in [2.75, 3.05) is 11.9 Å². The summed E-state index contributed by atoms with van der Waals surface area (Å²) in [6, 6.07) is 12.6. The number of hydrogen-bond acceptors (Lipinski definition) is 5. The number of fused-ring (bicyclic) bond motifs is 2. The van der Waals surface area contributed by atoms with Crippen molar-refractivity contribution in [1.82, 2.24) is 24.6 Å². The number of nitrogens with one attached hydrogen (secondary N) is 2. The lowest BCUT2D eigenvalue weighted by molar-refractivity contribution is 0.382. The van der Waals surface area contributed by atoms with Crippen molar-refractivity contribution in [1.29, 1.82) is 0 Å². The smallest absolute Gasteiger partial charge is 0.276 e. The highest BCUT2D eigenvalue weighted by Crippen LogP contribution is 2.31. The van der Waals surface area contributed by atoms with Crippen LogP contribution in [-0.4, -0.2) is 25.9 Å². The lowest BCUT2D eigenvalue weighted by Gasteiger charge is -2.34. The summed E-state index contributed by atoms with van der Waals surface area (Å²) in [5.74, 6) is 0.715. The van der Waals surface area contributed by atoms with Crippen molar-refractivity contribution in [3.05, 3.63) is 76.0 Å². The van der Waals surface area contributed by atoms with Crippen LogP contribution in [0.5, 0.6) is 0 Å². The highest BCUT2D eigenvalue weighted by Gasteiger charge is 2.26. The Labute approximate surface area is 218 Å². The van der Waals surface area contributed by atoms with E-state index >= 15 is 0 Å². The second-order valence-electron chi connectivity index (χ2n) is 10.9. The number of hydrogen-bond donors (Lipinski definition) is 2. The Morgan fingerprint density at radius 1 is 1.11 bits per heavy atom. The number of nitrogens with zero attached hydrogens (tertiary/aromatic N) is 4. The number of unbranched alkanes of at least 4 members (excludes halogenated alkanes) is 2. The summed E-state index contributed by atoms with van der Waals surface area (Å²) >= 11 is 0. The van der Waals surface area contributed by atoms with Crippen LogP contribution in [0.3, 0.4) is 0 Å². The molecule has 0 atom stereocenters. The lowest BCUT2D eigenvalue weighted by Crippen LogP contribution is -2.42. The van der Waals surface area contributed by atoms with Crippen LogP contribution in [0.2, 0.25) is 0 Å². The van der Waals surface area contributed by atoms with E-state index < -0.39 is 0 Å². The van der Waals surface area contributed by atoms with Crippen molar-refractivity contribution < 1.29 is 0 Å². The molecule has 0 bridgehead atoms. The standard InChI is InChI=1S/C30H38N6O/c1-6-7-8-9-22-17-24(13-14-31-22)36-27-18-28(32-19-25(27)29(37)35(36)20(2)3)34-23-10-11-26-21(16-23)12-15-33-30(26,4)5/h10-11,13-14,16-20,33H,6-9,12,15H2,1-5H3,(H,32,34). The molecule has 37 heavy (non-hydrogen) atoms. The first-order valence-corrected chi connectivity index (χ1v) is 13.5. The highest BCUT2D eigenvalue weighted by molar-refractivity contribution is 5.83. The molecule has 0 amide bonds. The monoisotopic (exact) mass is 498 g/mol. The number of benzene rings is 1.